The van der Waals surface area contributed by atoms with Gasteiger partial charge in [-0.3, -0.25) is 0 Å². The molecular formula is C9H12FN. The second-order valence-corrected chi connectivity index (χ2v) is 2.87. The Morgan fingerprint density at radius 1 is 1.09 bits per heavy atom. The molecule has 0 amide bonds. The third-order valence-electron chi connectivity index (χ3n) is 1.77. The zero-order valence-corrected chi connectivity index (χ0v) is 7.03. The van der Waals surface area contributed by atoms with Crippen LogP contribution in [0.5, 0.6) is 0 Å². The van der Waals surface area contributed by atoms with Crippen LogP contribution in [0.15, 0.2) is 12.1 Å². The normalized spacial score (nSPS) is 9.82. The number of nitrogens with one attached hydrogen (secondary N) is 1. The summed E-state index contributed by atoms with van der Waals surface area (Å²) < 4.78 is 12.1. The number of halogens is 1. The molecule has 1 aromatic carbocycles. The average Bonchev–Trinajstić information content (AvgIpc) is 1.85. The minimum atomic E-state index is 0.593. The Balaban J connectivity index is 3.25. The molecule has 0 saturated carbocycles. The standard InChI is InChI=1S/C9H12FN/c1-6-4-7(2)9(11-10)8(3)5-6/h4-5,11H,1-3H3. The molecule has 0 fully saturated rings. The summed E-state index contributed by atoms with van der Waals surface area (Å²) in [5, 5.41) is 0. The lowest BCUT2D eigenvalue weighted by Gasteiger charge is -2.06. The molecule has 0 atom stereocenters. The van der Waals surface area contributed by atoms with E-state index < -0.39 is 0 Å². The highest BCUT2D eigenvalue weighted by atomic mass is 19.2. The van der Waals surface area contributed by atoms with Crippen molar-refractivity contribution in [3.63, 3.8) is 0 Å². The van der Waals surface area contributed by atoms with Gasteiger partial charge in [0.1, 0.15) is 0 Å². The van der Waals surface area contributed by atoms with Crippen molar-refractivity contribution >= 4 is 5.69 Å². The highest BCUT2D eigenvalue weighted by Crippen LogP contribution is 2.21. The van der Waals surface area contributed by atoms with E-state index in [0.717, 1.165) is 11.1 Å². The van der Waals surface area contributed by atoms with E-state index >= 15 is 0 Å². The van der Waals surface area contributed by atoms with Gasteiger partial charge in [0.05, 0.1) is 5.69 Å². The van der Waals surface area contributed by atoms with Gasteiger partial charge in [-0.05, 0) is 31.9 Å². The topological polar surface area (TPSA) is 12.0 Å². The van der Waals surface area contributed by atoms with Crippen molar-refractivity contribution in [3.05, 3.63) is 28.8 Å². The first kappa shape index (κ1) is 8.05. The summed E-state index contributed by atoms with van der Waals surface area (Å²) in [6.07, 6.45) is 0. The third kappa shape index (κ3) is 1.50. The van der Waals surface area contributed by atoms with E-state index in [-0.39, 0.29) is 0 Å². The molecule has 0 aliphatic heterocycles. The SMILES string of the molecule is Cc1cc(C)c(NF)c(C)c1. The maximum Gasteiger partial charge on any atom is 0.0714 e. The molecule has 0 aliphatic rings. The van der Waals surface area contributed by atoms with Crippen LogP contribution in [0.1, 0.15) is 16.7 Å². The molecule has 60 valence electrons. The van der Waals surface area contributed by atoms with Gasteiger partial charge in [-0.15, -0.1) is 4.48 Å². The number of rotatable bonds is 1. The summed E-state index contributed by atoms with van der Waals surface area (Å²) in [7, 11) is 0. The zero-order chi connectivity index (χ0) is 8.43. The van der Waals surface area contributed by atoms with Crippen molar-refractivity contribution in [1.82, 2.24) is 0 Å². The molecule has 1 N–H and O–H groups in total. The quantitative estimate of drug-likeness (QED) is 0.612. The van der Waals surface area contributed by atoms with Crippen molar-refractivity contribution in [3.8, 4) is 0 Å². The Kier molecular flexibility index (Phi) is 2.13. The van der Waals surface area contributed by atoms with E-state index in [9.17, 15) is 4.48 Å². The summed E-state index contributed by atoms with van der Waals surface area (Å²) in [6, 6.07) is 3.91. The Morgan fingerprint density at radius 2 is 1.55 bits per heavy atom. The minimum Gasteiger partial charge on any atom is -0.224 e. The molecule has 1 rings (SSSR count). The maximum atomic E-state index is 12.1. The van der Waals surface area contributed by atoms with E-state index in [2.05, 4.69) is 0 Å². The first-order valence-electron chi connectivity index (χ1n) is 3.59. The van der Waals surface area contributed by atoms with Gasteiger partial charge in [-0.2, -0.15) is 0 Å². The number of aryl methyl sites for hydroxylation is 3. The van der Waals surface area contributed by atoms with Crippen molar-refractivity contribution in [2.45, 2.75) is 20.8 Å². The molecule has 1 nitrogen and oxygen atoms in total. The smallest absolute Gasteiger partial charge is 0.0714 e. The van der Waals surface area contributed by atoms with Gasteiger partial charge < -0.3 is 0 Å². The van der Waals surface area contributed by atoms with Gasteiger partial charge in [0.15, 0.2) is 0 Å². The lowest BCUT2D eigenvalue weighted by molar-refractivity contribution is 0.615. The van der Waals surface area contributed by atoms with Crippen LogP contribution in [0.3, 0.4) is 0 Å². The fourth-order valence-corrected chi connectivity index (χ4v) is 1.33. The van der Waals surface area contributed by atoms with Crippen LogP contribution >= 0.6 is 0 Å². The Morgan fingerprint density at radius 3 is 1.91 bits per heavy atom. The van der Waals surface area contributed by atoms with Crippen molar-refractivity contribution in [2.24, 2.45) is 0 Å². The van der Waals surface area contributed by atoms with Crippen molar-refractivity contribution < 1.29 is 4.48 Å². The summed E-state index contributed by atoms with van der Waals surface area (Å²) in [6.45, 7) is 5.78. The molecular weight excluding hydrogens is 141 g/mol. The lowest BCUT2D eigenvalue weighted by atomic mass is 10.1. The number of hydrogen-bond acceptors (Lipinski definition) is 1. The number of benzene rings is 1. The first-order chi connectivity index (χ1) is 5.15. The number of anilines is 1. The zero-order valence-electron chi connectivity index (χ0n) is 7.03. The molecule has 0 bridgehead atoms. The molecule has 0 saturated heterocycles. The van der Waals surface area contributed by atoms with Crippen LogP contribution in [0, 0.1) is 20.8 Å². The van der Waals surface area contributed by atoms with E-state index in [1.807, 2.05) is 32.9 Å². The summed E-state index contributed by atoms with van der Waals surface area (Å²) >= 11 is 0. The van der Waals surface area contributed by atoms with Crippen LogP contribution in [-0.4, -0.2) is 0 Å². The molecule has 11 heavy (non-hydrogen) atoms. The summed E-state index contributed by atoms with van der Waals surface area (Å²) in [5.41, 5.74) is 5.35. The summed E-state index contributed by atoms with van der Waals surface area (Å²) in [4.78, 5) is 0. The van der Waals surface area contributed by atoms with Crippen LogP contribution < -0.4 is 5.54 Å². The first-order valence-corrected chi connectivity index (χ1v) is 3.59. The predicted octanol–water partition coefficient (Wildman–Crippen LogP) is 2.91. The fourth-order valence-electron chi connectivity index (χ4n) is 1.33. The van der Waals surface area contributed by atoms with Gasteiger partial charge in [-0.25, -0.2) is 5.54 Å². The van der Waals surface area contributed by atoms with Gasteiger partial charge in [0.2, 0.25) is 0 Å². The van der Waals surface area contributed by atoms with Crippen molar-refractivity contribution in [1.29, 1.82) is 0 Å². The Labute approximate surface area is 66.2 Å². The van der Waals surface area contributed by atoms with E-state index in [4.69, 9.17) is 0 Å². The average molecular weight is 153 g/mol. The van der Waals surface area contributed by atoms with E-state index in [0.29, 0.717) is 5.69 Å². The predicted molar refractivity (Wildman–Crippen MR) is 45.4 cm³/mol. The summed E-state index contributed by atoms with van der Waals surface area (Å²) in [5.74, 6) is 0. The van der Waals surface area contributed by atoms with Crippen LogP contribution in [0.25, 0.3) is 0 Å². The van der Waals surface area contributed by atoms with E-state index in [1.54, 1.807) is 5.54 Å². The van der Waals surface area contributed by atoms with Crippen LogP contribution in [0.2, 0.25) is 0 Å². The molecule has 2 heteroatoms. The minimum absolute atomic E-state index is 0.593. The molecule has 0 radical (unpaired) electrons. The van der Waals surface area contributed by atoms with Gasteiger partial charge in [-0.1, -0.05) is 17.7 Å². The van der Waals surface area contributed by atoms with Gasteiger partial charge >= 0.3 is 0 Å². The van der Waals surface area contributed by atoms with Gasteiger partial charge in [0, 0.05) is 0 Å². The molecule has 0 spiro atoms. The lowest BCUT2D eigenvalue weighted by Crippen LogP contribution is -1.91. The molecule has 0 heterocycles. The second-order valence-electron chi connectivity index (χ2n) is 2.87. The highest BCUT2D eigenvalue weighted by molar-refractivity contribution is 5.56. The molecule has 0 unspecified atom stereocenters. The Hall–Kier alpha value is -1.05. The monoisotopic (exact) mass is 153 g/mol. The van der Waals surface area contributed by atoms with E-state index in [1.165, 1.54) is 5.56 Å². The largest absolute Gasteiger partial charge is 0.224 e. The van der Waals surface area contributed by atoms with Gasteiger partial charge in [0.25, 0.3) is 0 Å². The Bertz CT molecular complexity index is 245. The van der Waals surface area contributed by atoms with Crippen LogP contribution in [-0.2, 0) is 0 Å². The molecule has 1 aromatic rings. The van der Waals surface area contributed by atoms with Crippen LogP contribution in [0.4, 0.5) is 10.2 Å². The maximum absolute atomic E-state index is 12.1. The number of hydrogen-bond donors (Lipinski definition) is 1. The molecule has 0 aliphatic carbocycles. The second kappa shape index (κ2) is 2.91. The fraction of sp³-hybridized carbons (Fsp3) is 0.333. The third-order valence-corrected chi connectivity index (χ3v) is 1.77. The van der Waals surface area contributed by atoms with Crippen molar-refractivity contribution in [2.75, 3.05) is 5.54 Å². The highest BCUT2D eigenvalue weighted by Gasteiger charge is 2.01. The molecule has 0 aromatic heterocycles.